The topological polar surface area (TPSA) is 46.5 Å². The predicted octanol–water partition coefficient (Wildman–Crippen LogP) is 3.90. The van der Waals surface area contributed by atoms with Gasteiger partial charge in [-0.15, -0.1) is 0 Å². The van der Waals surface area contributed by atoms with Gasteiger partial charge in [-0.2, -0.15) is 0 Å². The van der Waals surface area contributed by atoms with Gasteiger partial charge < -0.3 is 9.84 Å². The molecule has 3 nitrogen and oxygen atoms in total. The van der Waals surface area contributed by atoms with Gasteiger partial charge >= 0.3 is 0 Å². The molecule has 21 heavy (non-hydrogen) atoms. The Morgan fingerprint density at radius 2 is 2.05 bits per heavy atom. The minimum absolute atomic E-state index is 0.193. The third-order valence-electron chi connectivity index (χ3n) is 4.82. The first-order chi connectivity index (χ1) is 10.3. The summed E-state index contributed by atoms with van der Waals surface area (Å²) >= 11 is 0. The maximum Gasteiger partial charge on any atom is 0.136 e. The van der Waals surface area contributed by atoms with Crippen molar-refractivity contribution in [3.05, 3.63) is 42.2 Å². The van der Waals surface area contributed by atoms with Crippen LogP contribution < -0.4 is 4.74 Å². The van der Waals surface area contributed by atoms with E-state index in [0.717, 1.165) is 25.0 Å². The molecule has 0 radical (unpaired) electrons. The Hall–Kier alpha value is -1.77. The lowest BCUT2D eigenvalue weighted by atomic mass is 9.90. The molecule has 0 aliphatic heterocycles. The van der Waals surface area contributed by atoms with Crippen molar-refractivity contribution in [2.75, 3.05) is 6.61 Å². The first kappa shape index (κ1) is 14.2. The number of fused-ring (bicyclic) bond motifs is 1. The monoisotopic (exact) mass is 286 g/mol. The van der Waals surface area contributed by atoms with Crippen molar-refractivity contribution in [1.29, 1.82) is 0 Å². The Bertz CT molecular complexity index is 521. The summed E-state index contributed by atoms with van der Waals surface area (Å²) in [6, 6.07) is 9.69. The van der Waals surface area contributed by atoms with Gasteiger partial charge in [0.25, 0.3) is 0 Å². The van der Waals surface area contributed by atoms with Crippen LogP contribution >= 0.6 is 0 Å². The van der Waals surface area contributed by atoms with E-state index in [1.165, 1.54) is 0 Å². The molecule has 0 spiro atoms. The van der Waals surface area contributed by atoms with E-state index in [1.54, 1.807) is 0 Å². The zero-order chi connectivity index (χ0) is 14.7. The highest BCUT2D eigenvalue weighted by Crippen LogP contribution is 2.47. The summed E-state index contributed by atoms with van der Waals surface area (Å²) in [7, 11) is 0. The Kier molecular flexibility index (Phi) is 4.28. The van der Waals surface area contributed by atoms with Crippen LogP contribution in [0.15, 0.2) is 42.2 Å². The molecule has 3 atom stereocenters. The quantitative estimate of drug-likeness (QED) is 0.659. The summed E-state index contributed by atoms with van der Waals surface area (Å²) in [5.74, 6) is 2.51. The smallest absolute Gasteiger partial charge is 0.136 e. The Morgan fingerprint density at radius 3 is 2.86 bits per heavy atom. The number of para-hydroxylation sites is 1. The normalized spacial score (nSPS) is 28.7. The fraction of sp³-hybridized carbons (Fsp3) is 0.500. The molecular weight excluding hydrogens is 264 g/mol. The van der Waals surface area contributed by atoms with E-state index < -0.39 is 0 Å². The van der Waals surface area contributed by atoms with Gasteiger partial charge in [0.1, 0.15) is 11.5 Å². The second kappa shape index (κ2) is 6.33. The van der Waals surface area contributed by atoms with E-state index >= 15 is 0 Å². The molecule has 1 aromatic rings. The van der Waals surface area contributed by atoms with E-state index in [2.05, 4.69) is 0 Å². The molecule has 0 saturated heterocycles. The molecule has 0 heterocycles. The van der Waals surface area contributed by atoms with Crippen molar-refractivity contribution in [3.63, 3.8) is 0 Å². The van der Waals surface area contributed by atoms with E-state index in [0.29, 0.717) is 36.9 Å². The molecule has 0 aromatic heterocycles. The summed E-state index contributed by atoms with van der Waals surface area (Å²) < 4.78 is 5.61. The van der Waals surface area contributed by atoms with Crippen molar-refractivity contribution in [2.24, 2.45) is 17.8 Å². The zero-order valence-corrected chi connectivity index (χ0v) is 12.2. The van der Waals surface area contributed by atoms with Crippen molar-refractivity contribution < 1.29 is 14.6 Å². The first-order valence-electron chi connectivity index (χ1n) is 7.85. The highest BCUT2D eigenvalue weighted by molar-refractivity contribution is 5.83. The second-order valence-corrected chi connectivity index (χ2v) is 6.04. The standard InChI is InChI=1S/C18H22O3/c19-17(7-4-12-21-13-5-2-1-3-6-13)15-8-9-16-14(15)10-11-18(16)20/h1-3,5-7,14-16,19H,4,8-12H2/b17-7+/t14?,15-,16?/m1/s1. The number of aliphatic hydroxyl groups is 1. The summed E-state index contributed by atoms with van der Waals surface area (Å²) in [5, 5.41) is 10.3. The van der Waals surface area contributed by atoms with Crippen LogP contribution in [-0.4, -0.2) is 17.5 Å². The third kappa shape index (κ3) is 3.12. The van der Waals surface area contributed by atoms with Gasteiger partial charge in [0.15, 0.2) is 0 Å². The minimum Gasteiger partial charge on any atom is -0.512 e. The van der Waals surface area contributed by atoms with Crippen molar-refractivity contribution >= 4 is 5.78 Å². The van der Waals surface area contributed by atoms with Crippen LogP contribution in [0.5, 0.6) is 5.75 Å². The average Bonchev–Trinajstić information content (AvgIpc) is 3.08. The molecular formula is C18H22O3. The van der Waals surface area contributed by atoms with E-state index in [9.17, 15) is 9.90 Å². The summed E-state index contributed by atoms with van der Waals surface area (Å²) in [6.45, 7) is 0.563. The van der Waals surface area contributed by atoms with E-state index in [1.807, 2.05) is 36.4 Å². The van der Waals surface area contributed by atoms with E-state index in [-0.39, 0.29) is 11.8 Å². The van der Waals surface area contributed by atoms with Crippen molar-refractivity contribution in [1.82, 2.24) is 0 Å². The Balaban J connectivity index is 1.49. The molecule has 2 unspecified atom stereocenters. The van der Waals surface area contributed by atoms with Crippen LogP contribution in [-0.2, 0) is 4.79 Å². The van der Waals surface area contributed by atoms with Gasteiger partial charge in [-0.3, -0.25) is 4.79 Å². The fourth-order valence-electron chi connectivity index (χ4n) is 3.78. The third-order valence-corrected chi connectivity index (χ3v) is 4.82. The maximum atomic E-state index is 11.7. The molecule has 3 heteroatoms. The minimum atomic E-state index is 0.193. The molecule has 0 amide bonds. The maximum absolute atomic E-state index is 11.7. The number of carbonyl (C=O) groups is 1. The molecule has 112 valence electrons. The SMILES string of the molecule is O=C1CCC2C1CC[C@H]2/C(O)=C\CCOc1ccccc1. The fourth-order valence-corrected chi connectivity index (χ4v) is 3.78. The Labute approximate surface area is 125 Å². The van der Waals surface area contributed by atoms with Gasteiger partial charge in [-0.1, -0.05) is 18.2 Å². The van der Waals surface area contributed by atoms with Crippen LogP contribution in [0.25, 0.3) is 0 Å². The van der Waals surface area contributed by atoms with E-state index in [4.69, 9.17) is 4.74 Å². The average molecular weight is 286 g/mol. The first-order valence-corrected chi connectivity index (χ1v) is 7.85. The number of hydrogen-bond acceptors (Lipinski definition) is 3. The summed E-state index contributed by atoms with van der Waals surface area (Å²) in [5.41, 5.74) is 0. The van der Waals surface area contributed by atoms with Gasteiger partial charge in [-0.05, 0) is 43.4 Å². The summed E-state index contributed by atoms with van der Waals surface area (Å²) in [6.07, 6.45) is 6.12. The Morgan fingerprint density at radius 1 is 1.24 bits per heavy atom. The number of ether oxygens (including phenoxy) is 1. The van der Waals surface area contributed by atoms with Gasteiger partial charge in [0.2, 0.25) is 0 Å². The lowest BCUT2D eigenvalue weighted by Gasteiger charge is -2.17. The molecule has 1 aromatic carbocycles. The van der Waals surface area contributed by atoms with Crippen LogP contribution in [0.1, 0.15) is 32.1 Å². The lowest BCUT2D eigenvalue weighted by Crippen LogP contribution is -2.14. The van der Waals surface area contributed by atoms with Crippen molar-refractivity contribution in [2.45, 2.75) is 32.1 Å². The number of Topliss-reactive ketones (excluding diaryl/α,β-unsaturated/α-hetero) is 1. The lowest BCUT2D eigenvalue weighted by molar-refractivity contribution is -0.120. The molecule has 2 aliphatic rings. The number of carbonyl (C=O) groups excluding carboxylic acids is 1. The number of aliphatic hydroxyl groups excluding tert-OH is 1. The van der Waals surface area contributed by atoms with Crippen molar-refractivity contribution in [3.8, 4) is 5.75 Å². The number of hydrogen-bond donors (Lipinski definition) is 1. The molecule has 2 saturated carbocycles. The number of ketones is 1. The largest absolute Gasteiger partial charge is 0.512 e. The number of rotatable bonds is 5. The zero-order valence-electron chi connectivity index (χ0n) is 12.2. The van der Waals surface area contributed by atoms with Gasteiger partial charge in [0.05, 0.1) is 12.4 Å². The molecule has 0 bridgehead atoms. The van der Waals surface area contributed by atoms with Crippen LogP contribution in [0.2, 0.25) is 0 Å². The molecule has 2 aliphatic carbocycles. The predicted molar refractivity (Wildman–Crippen MR) is 81.2 cm³/mol. The highest BCUT2D eigenvalue weighted by Gasteiger charge is 2.45. The molecule has 3 rings (SSSR count). The van der Waals surface area contributed by atoms with Gasteiger partial charge in [0, 0.05) is 24.7 Å². The van der Waals surface area contributed by atoms with Crippen LogP contribution in [0.4, 0.5) is 0 Å². The number of benzene rings is 1. The van der Waals surface area contributed by atoms with Crippen LogP contribution in [0.3, 0.4) is 0 Å². The summed E-state index contributed by atoms with van der Waals surface area (Å²) in [4.78, 5) is 11.7. The highest BCUT2D eigenvalue weighted by atomic mass is 16.5. The molecule has 2 fully saturated rings. The molecule has 1 N–H and O–H groups in total. The van der Waals surface area contributed by atoms with Gasteiger partial charge in [-0.25, -0.2) is 0 Å². The number of allylic oxidation sites excluding steroid dienone is 1. The second-order valence-electron chi connectivity index (χ2n) is 6.04. The van der Waals surface area contributed by atoms with Crippen LogP contribution in [0, 0.1) is 17.8 Å².